The van der Waals surface area contributed by atoms with Crippen LogP contribution in [0.1, 0.15) is 290 Å². The van der Waals surface area contributed by atoms with Gasteiger partial charge in [-0.25, -0.2) is 0 Å². The van der Waals surface area contributed by atoms with E-state index in [1.54, 1.807) is 11.1 Å². The number of fused-ring (bicyclic) bond motifs is 10. The van der Waals surface area contributed by atoms with Gasteiger partial charge in [0.15, 0.2) is 0 Å². The zero-order chi connectivity index (χ0) is 80.7. The summed E-state index contributed by atoms with van der Waals surface area (Å²) in [5.41, 5.74) is 38.7. The van der Waals surface area contributed by atoms with Gasteiger partial charge in [-0.3, -0.25) is 9.97 Å². The first-order valence-electron chi connectivity index (χ1n) is 45.8. The molecule has 0 aliphatic heterocycles. The maximum absolute atomic E-state index is 5.07. The molecule has 0 N–H and O–H groups in total. The van der Waals surface area contributed by atoms with Crippen LogP contribution in [0, 0.1) is 0 Å². The number of aromatic nitrogens is 4. The quantitative estimate of drug-likeness (QED) is 0.0359. The molecule has 3 aliphatic carbocycles. The van der Waals surface area contributed by atoms with E-state index in [2.05, 4.69) is 294 Å². The predicted molar refractivity (Wildman–Crippen MR) is 508 cm³/mol. The van der Waals surface area contributed by atoms with Crippen LogP contribution in [0.25, 0.3) is 135 Å². The molecule has 10 aromatic carbocycles. The van der Waals surface area contributed by atoms with Gasteiger partial charge in [-0.1, -0.05) is 366 Å². The van der Waals surface area contributed by atoms with Crippen LogP contribution in [-0.4, -0.2) is 18.7 Å². The highest BCUT2D eigenvalue weighted by Crippen LogP contribution is 2.61. The molecule has 0 amide bonds. The largest absolute Gasteiger partial charge is 0.265 e. The van der Waals surface area contributed by atoms with E-state index in [1.165, 1.54) is 301 Å². The lowest BCUT2D eigenvalue weighted by Gasteiger charge is -2.34. The standard InChI is InChI=1S/C113H122N4S/c1-7-13-19-31-63-111(64-32-20-14-8-2)103-75-85(83-37-27-25-28-38-83)45-51-95(103)96-52-46-86(76-104(96)111)87-47-53-97-99-55-49-91(79-107(99)112(105(97)77-87,65-33-21-15-9-3)66-34-22-16-10-4)101-73-89(44-42-82-61-71-115-72-62-82)102(74-88(101)43-41-81-59-69-114-70-60-81)92-50-56-100-98-54-48-90(94-58-57-93(84-39-29-26-30-40-84)109-110(94)117-118-116-109)78-106(98)113(108(100)80-92,67-35-23-17-11-5)68-36-24-18-12-6/h25-30,37-62,69-80H,7-24,31-36,63-68H2,1-6H3/b43-41+,44-42+. The van der Waals surface area contributed by atoms with Gasteiger partial charge in [0.05, 0.1) is 11.7 Å². The maximum Gasteiger partial charge on any atom is 0.113 e. The Hall–Kier alpha value is -10.2. The molecule has 0 saturated carbocycles. The summed E-state index contributed by atoms with van der Waals surface area (Å²) in [5, 5.41) is 0. The molecule has 0 saturated heterocycles. The molecule has 5 heteroatoms. The summed E-state index contributed by atoms with van der Waals surface area (Å²) in [4.78, 5) is 8.99. The Bertz CT molecular complexity index is 5590. The third kappa shape index (κ3) is 16.8. The van der Waals surface area contributed by atoms with Crippen LogP contribution in [-0.2, 0) is 16.2 Å². The number of benzene rings is 10. The second kappa shape index (κ2) is 38.2. The molecule has 16 rings (SSSR count). The Balaban J connectivity index is 0.850. The molecule has 0 bridgehead atoms. The third-order valence-electron chi connectivity index (χ3n) is 27.2. The van der Waals surface area contributed by atoms with Gasteiger partial charge in [0.2, 0.25) is 0 Å². The lowest BCUT2D eigenvalue weighted by molar-refractivity contribution is 0.401. The van der Waals surface area contributed by atoms with Gasteiger partial charge >= 0.3 is 0 Å². The van der Waals surface area contributed by atoms with E-state index in [0.29, 0.717) is 0 Å². The number of rotatable bonds is 40. The van der Waals surface area contributed by atoms with Gasteiger partial charge in [0, 0.05) is 52.2 Å². The normalized spacial score (nSPS) is 13.8. The van der Waals surface area contributed by atoms with Crippen molar-refractivity contribution in [3.05, 3.63) is 299 Å². The monoisotopic (exact) mass is 1570 g/mol. The number of hydrogen-bond acceptors (Lipinski definition) is 5. The number of nitrogens with zero attached hydrogens (tertiary/aromatic N) is 4. The van der Waals surface area contributed by atoms with E-state index in [1.807, 2.05) is 24.8 Å². The van der Waals surface area contributed by atoms with Crippen molar-refractivity contribution >= 4 is 47.1 Å². The van der Waals surface area contributed by atoms with E-state index in [9.17, 15) is 0 Å². The third-order valence-corrected chi connectivity index (χ3v) is 27.8. The van der Waals surface area contributed by atoms with Crippen molar-refractivity contribution in [1.82, 2.24) is 18.7 Å². The summed E-state index contributed by atoms with van der Waals surface area (Å²) in [5.74, 6) is 0. The average molecular weight is 1570 g/mol. The second-order valence-corrected chi connectivity index (χ2v) is 35.3. The minimum Gasteiger partial charge on any atom is -0.265 e. The predicted octanol–water partition coefficient (Wildman–Crippen LogP) is 33.4. The molecule has 3 aromatic heterocycles. The Morgan fingerprint density at radius 1 is 0.229 bits per heavy atom. The van der Waals surface area contributed by atoms with E-state index in [-0.39, 0.29) is 16.2 Å². The van der Waals surface area contributed by atoms with Gasteiger partial charge in [0.25, 0.3) is 0 Å². The fourth-order valence-corrected chi connectivity index (χ4v) is 21.5. The fraction of sp³-hybridized carbons (Fsp3) is 0.345. The molecule has 3 heterocycles. The summed E-state index contributed by atoms with van der Waals surface area (Å²) in [6.45, 7) is 14.2. The number of pyridine rings is 2. The van der Waals surface area contributed by atoms with Gasteiger partial charge in [-0.2, -0.15) is 8.75 Å². The summed E-state index contributed by atoms with van der Waals surface area (Å²) in [6.07, 6.45) is 53.4. The van der Waals surface area contributed by atoms with Crippen molar-refractivity contribution in [2.45, 2.75) is 250 Å². The summed E-state index contributed by atoms with van der Waals surface area (Å²) < 4.78 is 10.1. The first-order valence-corrected chi connectivity index (χ1v) is 46.6. The zero-order valence-electron chi connectivity index (χ0n) is 71.3. The Morgan fingerprint density at radius 2 is 0.492 bits per heavy atom. The van der Waals surface area contributed by atoms with Crippen LogP contribution >= 0.6 is 11.7 Å². The van der Waals surface area contributed by atoms with Crippen LogP contribution in [0.2, 0.25) is 0 Å². The molecule has 4 nitrogen and oxygen atoms in total. The Kier molecular flexibility index (Phi) is 26.4. The Labute approximate surface area is 710 Å². The van der Waals surface area contributed by atoms with E-state index in [4.69, 9.17) is 8.75 Å². The van der Waals surface area contributed by atoms with Crippen molar-refractivity contribution in [3.63, 3.8) is 0 Å². The Morgan fingerprint density at radius 3 is 0.805 bits per heavy atom. The minimum absolute atomic E-state index is 0.0590. The molecule has 13 aromatic rings. The molecule has 0 spiro atoms. The smallest absolute Gasteiger partial charge is 0.113 e. The summed E-state index contributed by atoms with van der Waals surface area (Å²) in [7, 11) is 0. The van der Waals surface area contributed by atoms with Crippen molar-refractivity contribution in [3.8, 4) is 100 Å². The molecule has 0 fully saturated rings. The first kappa shape index (κ1) is 81.5. The lowest BCUT2D eigenvalue weighted by atomic mass is 9.69. The summed E-state index contributed by atoms with van der Waals surface area (Å²) in [6, 6.07) is 85.9. The van der Waals surface area contributed by atoms with Crippen molar-refractivity contribution in [2.24, 2.45) is 0 Å². The lowest BCUT2D eigenvalue weighted by Crippen LogP contribution is -2.26. The van der Waals surface area contributed by atoms with Crippen molar-refractivity contribution in [1.29, 1.82) is 0 Å². The SMILES string of the molecule is CCCCCCC1(CCCCCC)c2cc(-c3ccccc3)ccc2-c2ccc(-c3ccc4c(c3)C(CCCCCC)(CCCCCC)c3cc(-c5cc(/C=C/c6ccncc6)c(-c6ccc7c(c6)C(CCCCCC)(CCCCCC)c6cc(-c8ccc(-c9ccccc9)c9nsnc89)ccc6-7)cc5/C=C/c5ccncc5)ccc3-4)cc21. The van der Waals surface area contributed by atoms with Crippen molar-refractivity contribution in [2.75, 3.05) is 0 Å². The van der Waals surface area contributed by atoms with Crippen molar-refractivity contribution < 1.29 is 0 Å². The fourth-order valence-electron chi connectivity index (χ4n) is 21.0. The number of hydrogen-bond donors (Lipinski definition) is 0. The molecule has 3 aliphatic rings. The van der Waals surface area contributed by atoms with Gasteiger partial charge in [-0.05, 0) is 256 Å². The van der Waals surface area contributed by atoms with Crippen LogP contribution in [0.3, 0.4) is 0 Å². The van der Waals surface area contributed by atoms with E-state index in [0.717, 1.165) is 59.0 Å². The molecule has 118 heavy (non-hydrogen) atoms. The summed E-state index contributed by atoms with van der Waals surface area (Å²) >= 11 is 1.32. The minimum atomic E-state index is -0.199. The highest BCUT2D eigenvalue weighted by molar-refractivity contribution is 7.00. The van der Waals surface area contributed by atoms with Crippen LogP contribution in [0.4, 0.5) is 0 Å². The molecular formula is C113H122N4S. The maximum atomic E-state index is 5.07. The highest BCUT2D eigenvalue weighted by Gasteiger charge is 2.46. The topological polar surface area (TPSA) is 51.6 Å². The van der Waals surface area contributed by atoms with Gasteiger partial charge in [-0.15, -0.1) is 0 Å². The second-order valence-electron chi connectivity index (χ2n) is 34.8. The highest BCUT2D eigenvalue weighted by atomic mass is 32.1. The molecule has 600 valence electrons. The van der Waals surface area contributed by atoms with E-state index >= 15 is 0 Å². The number of unbranched alkanes of at least 4 members (excludes halogenated alkanes) is 18. The average Bonchev–Trinajstić information content (AvgIpc) is 1.56. The van der Waals surface area contributed by atoms with Crippen LogP contribution in [0.15, 0.2) is 243 Å². The van der Waals surface area contributed by atoms with E-state index < -0.39 is 0 Å². The molecule has 0 atom stereocenters. The van der Waals surface area contributed by atoms with Gasteiger partial charge in [0.1, 0.15) is 11.0 Å². The molecule has 0 radical (unpaired) electrons. The zero-order valence-corrected chi connectivity index (χ0v) is 72.1. The van der Waals surface area contributed by atoms with Gasteiger partial charge < -0.3 is 0 Å². The molecular weight excluding hydrogens is 1450 g/mol. The van der Waals surface area contributed by atoms with Crippen LogP contribution in [0.5, 0.6) is 0 Å². The van der Waals surface area contributed by atoms with Crippen LogP contribution < -0.4 is 0 Å². The first-order chi connectivity index (χ1) is 58.2. The molecule has 0 unspecified atom stereocenters.